The molecular weight excluding hydrogens is 501 g/mol. The highest BCUT2D eigenvalue weighted by molar-refractivity contribution is 6.38. The molecular formula is C19H16Cl2F6N4O2. The lowest BCUT2D eigenvalue weighted by atomic mass is 9.95. The average molecular weight is 517 g/mol. The van der Waals surface area contributed by atoms with Crippen LogP contribution in [0.4, 0.5) is 32.2 Å². The highest BCUT2D eigenvalue weighted by Gasteiger charge is 2.59. The van der Waals surface area contributed by atoms with Crippen molar-refractivity contribution in [2.45, 2.75) is 30.6 Å². The molecule has 1 heterocycles. The minimum absolute atomic E-state index is 0.0351. The lowest BCUT2D eigenvalue weighted by Crippen LogP contribution is -2.25. The number of nitrogens with zero attached hydrogens (tertiary/aromatic N) is 4. The number of carbonyl (C=O) groups excluding carboxylic acids is 1. The number of benzene rings is 1. The Morgan fingerprint density at radius 2 is 1.70 bits per heavy atom. The Morgan fingerprint density at radius 3 is 2.09 bits per heavy atom. The van der Waals surface area contributed by atoms with Crippen molar-refractivity contribution in [2.75, 3.05) is 21.2 Å². The molecule has 0 amide bonds. The van der Waals surface area contributed by atoms with Crippen molar-refractivity contribution < 1.29 is 35.9 Å². The molecule has 3 rings (SSSR count). The van der Waals surface area contributed by atoms with Crippen LogP contribution in [0, 0.1) is 0 Å². The van der Waals surface area contributed by atoms with Crippen molar-refractivity contribution in [3.63, 3.8) is 0 Å². The van der Waals surface area contributed by atoms with Gasteiger partial charge in [-0.05, 0) is 25.0 Å². The molecule has 2 aromatic rings. The largest absolute Gasteiger partial charge is 0.468 e. The van der Waals surface area contributed by atoms with Gasteiger partial charge in [0.2, 0.25) is 0 Å². The van der Waals surface area contributed by atoms with Gasteiger partial charge in [-0.2, -0.15) is 31.4 Å². The van der Waals surface area contributed by atoms with Crippen LogP contribution in [0.15, 0.2) is 17.1 Å². The summed E-state index contributed by atoms with van der Waals surface area (Å²) in [5, 5.41) is 2.35. The summed E-state index contributed by atoms with van der Waals surface area (Å²) >= 11 is 12.1. The number of ether oxygens (including phenoxy) is 1. The van der Waals surface area contributed by atoms with E-state index in [-0.39, 0.29) is 12.8 Å². The van der Waals surface area contributed by atoms with E-state index in [1.165, 1.54) is 4.90 Å². The number of methoxy groups -OCH3 is 1. The number of hydrogen-bond donors (Lipinski definition) is 0. The Bertz CT molecular complexity index is 1100. The molecule has 6 nitrogen and oxygen atoms in total. The Morgan fingerprint density at radius 1 is 1.15 bits per heavy atom. The van der Waals surface area contributed by atoms with Crippen molar-refractivity contribution >= 4 is 41.3 Å². The van der Waals surface area contributed by atoms with E-state index in [4.69, 9.17) is 27.9 Å². The maximum absolute atomic E-state index is 14.0. The monoisotopic (exact) mass is 516 g/mol. The molecule has 0 N–H and O–H groups in total. The highest BCUT2D eigenvalue weighted by Crippen LogP contribution is 2.56. The van der Waals surface area contributed by atoms with Crippen LogP contribution in [-0.4, -0.2) is 48.2 Å². The summed E-state index contributed by atoms with van der Waals surface area (Å²) in [5.74, 6) is -1.37. The summed E-state index contributed by atoms with van der Waals surface area (Å²) in [6.45, 7) is 0. The van der Waals surface area contributed by atoms with E-state index in [1.807, 2.05) is 0 Å². The van der Waals surface area contributed by atoms with Gasteiger partial charge in [-0.15, -0.1) is 0 Å². The maximum Gasteiger partial charge on any atom is 0.435 e. The fourth-order valence-electron chi connectivity index (χ4n) is 3.30. The Balaban J connectivity index is 2.40. The lowest BCUT2D eigenvalue weighted by Gasteiger charge is -2.16. The average Bonchev–Trinajstić information content (AvgIpc) is 3.39. The molecule has 0 atom stereocenters. The van der Waals surface area contributed by atoms with Gasteiger partial charge in [-0.3, -0.25) is 4.79 Å². The summed E-state index contributed by atoms with van der Waals surface area (Å²) in [4.78, 5) is 17.9. The first-order chi connectivity index (χ1) is 15.1. The van der Waals surface area contributed by atoms with Gasteiger partial charge < -0.3 is 9.64 Å². The molecule has 0 bridgehead atoms. The number of esters is 1. The third-order valence-electron chi connectivity index (χ3n) is 4.90. The normalized spacial score (nSPS) is 15.7. The zero-order valence-corrected chi connectivity index (χ0v) is 18.8. The van der Waals surface area contributed by atoms with Gasteiger partial charge in [0, 0.05) is 19.7 Å². The van der Waals surface area contributed by atoms with Crippen LogP contribution in [0.3, 0.4) is 0 Å². The SMILES string of the molecule is COC(=O)C1(c2c(C(F)(F)F)nn(-c3c(Cl)cc(C(F)(F)F)cc3Cl)c2N=CN(C)C)CC1. The van der Waals surface area contributed by atoms with E-state index in [0.717, 1.165) is 13.4 Å². The predicted molar refractivity (Wildman–Crippen MR) is 108 cm³/mol. The van der Waals surface area contributed by atoms with Gasteiger partial charge in [0.15, 0.2) is 11.5 Å². The van der Waals surface area contributed by atoms with Gasteiger partial charge in [0.1, 0.15) is 5.69 Å². The number of rotatable bonds is 5. The van der Waals surface area contributed by atoms with Gasteiger partial charge in [-0.25, -0.2) is 9.67 Å². The maximum atomic E-state index is 14.0. The van der Waals surface area contributed by atoms with E-state index in [1.54, 1.807) is 14.1 Å². The first kappa shape index (κ1) is 25.2. The third-order valence-corrected chi connectivity index (χ3v) is 5.48. The number of carbonyl (C=O) groups is 1. The van der Waals surface area contributed by atoms with E-state index in [0.29, 0.717) is 16.8 Å². The van der Waals surface area contributed by atoms with Crippen LogP contribution in [0.1, 0.15) is 29.7 Å². The molecule has 180 valence electrons. The molecule has 0 aliphatic heterocycles. The second kappa shape index (κ2) is 8.39. The zero-order chi connectivity index (χ0) is 24.9. The predicted octanol–water partition coefficient (Wildman–Crippen LogP) is 5.64. The molecule has 14 heteroatoms. The smallest absolute Gasteiger partial charge is 0.435 e. The fraction of sp³-hybridized carbons (Fsp3) is 0.421. The Kier molecular flexibility index (Phi) is 6.40. The third kappa shape index (κ3) is 4.63. The Hall–Kier alpha value is -2.47. The first-order valence-electron chi connectivity index (χ1n) is 9.20. The van der Waals surface area contributed by atoms with E-state index >= 15 is 0 Å². The second-order valence-electron chi connectivity index (χ2n) is 7.52. The zero-order valence-electron chi connectivity index (χ0n) is 17.3. The van der Waals surface area contributed by atoms with Crippen molar-refractivity contribution in [1.82, 2.24) is 14.7 Å². The van der Waals surface area contributed by atoms with Crippen LogP contribution < -0.4 is 0 Å². The van der Waals surface area contributed by atoms with Crippen molar-refractivity contribution in [2.24, 2.45) is 4.99 Å². The number of hydrogen-bond acceptors (Lipinski definition) is 4. The lowest BCUT2D eigenvalue weighted by molar-refractivity contribution is -0.146. The van der Waals surface area contributed by atoms with Gasteiger partial charge in [-0.1, -0.05) is 23.2 Å². The standard InChI is InChI=1S/C19H16Cl2F6N4O2/c1-30(2)8-28-15-12(17(4-5-17)16(32)33-3)14(19(25,26)27)29-31(15)13-10(20)6-9(7-11(13)21)18(22,23)24/h6-8H,4-5H2,1-3H3. The van der Waals surface area contributed by atoms with Crippen molar-refractivity contribution in [3.05, 3.63) is 39.0 Å². The van der Waals surface area contributed by atoms with Crippen LogP contribution in [-0.2, 0) is 27.3 Å². The summed E-state index contributed by atoms with van der Waals surface area (Å²) in [6, 6.07) is 1.04. The van der Waals surface area contributed by atoms with Crippen LogP contribution in [0.25, 0.3) is 5.69 Å². The fourth-order valence-corrected chi connectivity index (χ4v) is 3.95. The molecule has 0 unspecified atom stereocenters. The van der Waals surface area contributed by atoms with Crippen LogP contribution in [0.2, 0.25) is 10.0 Å². The number of aromatic nitrogens is 2. The topological polar surface area (TPSA) is 59.7 Å². The molecule has 1 aliphatic rings. The number of halogens is 8. The summed E-state index contributed by atoms with van der Waals surface area (Å²) in [6.07, 6.45) is -8.61. The number of aliphatic imine (C=N–C) groups is 1. The van der Waals surface area contributed by atoms with Gasteiger partial charge in [0.05, 0.1) is 34.5 Å². The van der Waals surface area contributed by atoms with E-state index in [9.17, 15) is 31.1 Å². The minimum Gasteiger partial charge on any atom is -0.468 e. The van der Waals surface area contributed by atoms with Crippen LogP contribution in [0.5, 0.6) is 0 Å². The van der Waals surface area contributed by atoms with Gasteiger partial charge in [0.25, 0.3) is 0 Å². The minimum atomic E-state index is -5.03. The van der Waals surface area contributed by atoms with Gasteiger partial charge >= 0.3 is 18.3 Å². The van der Waals surface area contributed by atoms with Crippen LogP contribution >= 0.6 is 23.2 Å². The Labute approximate surface area is 193 Å². The highest BCUT2D eigenvalue weighted by atomic mass is 35.5. The molecule has 0 spiro atoms. The quantitative estimate of drug-likeness (QED) is 0.223. The molecule has 1 aromatic carbocycles. The molecule has 1 fully saturated rings. The molecule has 0 radical (unpaired) electrons. The molecule has 1 aliphatic carbocycles. The first-order valence-corrected chi connectivity index (χ1v) is 9.95. The molecule has 0 saturated heterocycles. The van der Waals surface area contributed by atoms with E-state index < -0.39 is 62.1 Å². The summed E-state index contributed by atoms with van der Waals surface area (Å²) < 4.78 is 86.7. The van der Waals surface area contributed by atoms with Crippen molar-refractivity contribution in [3.8, 4) is 5.69 Å². The van der Waals surface area contributed by atoms with E-state index in [2.05, 4.69) is 10.1 Å². The second-order valence-corrected chi connectivity index (χ2v) is 8.34. The molecule has 1 saturated carbocycles. The molecule has 1 aromatic heterocycles. The summed E-state index contributed by atoms with van der Waals surface area (Å²) in [5.41, 5.74) is -5.32. The number of alkyl halides is 6. The summed E-state index contributed by atoms with van der Waals surface area (Å²) in [7, 11) is 4.12. The molecule has 33 heavy (non-hydrogen) atoms. The van der Waals surface area contributed by atoms with Crippen molar-refractivity contribution in [1.29, 1.82) is 0 Å².